The highest BCUT2D eigenvalue weighted by molar-refractivity contribution is 7.97. The van der Waals surface area contributed by atoms with Crippen LogP contribution < -0.4 is 10.5 Å². The average Bonchev–Trinajstić information content (AvgIpc) is 2.74. The summed E-state index contributed by atoms with van der Waals surface area (Å²) in [5.41, 5.74) is 1.65. The van der Waals surface area contributed by atoms with Crippen LogP contribution in [0.4, 0.5) is 0 Å². The molecule has 3 aliphatic rings. The van der Waals surface area contributed by atoms with Crippen LogP contribution in [0.15, 0.2) is 35.5 Å². The molecule has 3 rings (SSSR count). The number of likely N-dealkylation sites (tertiary alicyclic amines) is 1. The monoisotopic (exact) mass is 467 g/mol. The summed E-state index contributed by atoms with van der Waals surface area (Å²) in [5.74, 6) is 0.540. The van der Waals surface area contributed by atoms with Gasteiger partial charge in [0.05, 0.1) is 5.60 Å². The van der Waals surface area contributed by atoms with Crippen molar-refractivity contribution in [1.29, 1.82) is 0 Å². The van der Waals surface area contributed by atoms with Gasteiger partial charge in [0, 0.05) is 48.3 Å². The Morgan fingerprint density at radius 1 is 1.35 bits per heavy atom. The number of nitrogens with one attached hydrogen (secondary N) is 1. The molecule has 1 heterocycles. The van der Waals surface area contributed by atoms with Crippen LogP contribution in [0, 0.1) is 11.3 Å². The number of hydrogen-bond acceptors (Lipinski definition) is 5. The molecule has 4 N–H and O–H groups in total. The van der Waals surface area contributed by atoms with Crippen molar-refractivity contribution in [2.45, 2.75) is 82.1 Å². The Morgan fingerprint density at radius 2 is 2.13 bits per heavy atom. The van der Waals surface area contributed by atoms with Gasteiger partial charge in [-0.05, 0) is 49.2 Å². The number of nitrogens with two attached hydrogens (primary N) is 1. The maximum Gasteiger partial charge on any atom is 0.0931 e. The summed E-state index contributed by atoms with van der Waals surface area (Å²) in [6.07, 6.45) is 13.6. The fraction of sp³-hybridized carbons (Fsp3) is 0.760. The molecule has 0 aromatic heterocycles. The lowest BCUT2D eigenvalue weighted by Crippen LogP contribution is -2.60. The minimum absolute atomic E-state index is 0.183. The summed E-state index contributed by atoms with van der Waals surface area (Å²) in [6, 6.07) is 0.410. The highest BCUT2D eigenvalue weighted by Gasteiger charge is 2.50. The van der Waals surface area contributed by atoms with Gasteiger partial charge in [-0.3, -0.25) is 5.14 Å². The summed E-state index contributed by atoms with van der Waals surface area (Å²) in [7, 11) is 0. The van der Waals surface area contributed by atoms with E-state index in [-0.39, 0.29) is 10.8 Å². The lowest BCUT2D eigenvalue weighted by Gasteiger charge is -2.53. The Morgan fingerprint density at radius 3 is 2.74 bits per heavy atom. The van der Waals surface area contributed by atoms with Crippen LogP contribution in [0.3, 0.4) is 0 Å². The lowest BCUT2D eigenvalue weighted by molar-refractivity contribution is -0.0959. The molecule has 1 aliphatic heterocycles. The van der Waals surface area contributed by atoms with Gasteiger partial charge in [-0.2, -0.15) is 0 Å². The fourth-order valence-corrected chi connectivity index (χ4v) is 6.00. The number of aliphatic hydroxyl groups is 1. The molecule has 1 fully saturated rings. The molecule has 1 saturated heterocycles. The van der Waals surface area contributed by atoms with Crippen molar-refractivity contribution in [3.8, 4) is 0 Å². The molecule has 31 heavy (non-hydrogen) atoms. The predicted molar refractivity (Wildman–Crippen MR) is 135 cm³/mol. The normalized spacial score (nSPS) is 32.6. The van der Waals surface area contributed by atoms with Crippen molar-refractivity contribution in [2.24, 2.45) is 16.5 Å². The highest BCUT2D eigenvalue weighted by atomic mass is 35.5. The second-order valence-electron chi connectivity index (χ2n) is 10.6. The van der Waals surface area contributed by atoms with Crippen LogP contribution in [0.25, 0.3) is 0 Å². The zero-order valence-electron chi connectivity index (χ0n) is 19.7. The second-order valence-corrected chi connectivity index (χ2v) is 12.1. The van der Waals surface area contributed by atoms with Crippen LogP contribution in [-0.2, 0) is 0 Å². The third-order valence-corrected chi connectivity index (χ3v) is 8.58. The Bertz CT molecular complexity index is 705. The Labute approximate surface area is 198 Å². The fourth-order valence-electron chi connectivity index (χ4n) is 5.32. The number of halogens is 1. The molecule has 2 aliphatic carbocycles. The van der Waals surface area contributed by atoms with Gasteiger partial charge in [0.25, 0.3) is 0 Å². The first-order valence-corrected chi connectivity index (χ1v) is 13.3. The number of allylic oxidation sites excluding steroid dienone is 2. The maximum atomic E-state index is 11.7. The number of nitrogens with zero attached hydrogens (tertiary/aromatic N) is 1. The lowest BCUT2D eigenvalue weighted by atomic mass is 9.64. The third-order valence-electron chi connectivity index (χ3n) is 7.51. The molecule has 4 atom stereocenters. The van der Waals surface area contributed by atoms with Crippen molar-refractivity contribution < 1.29 is 5.11 Å². The third kappa shape index (κ3) is 6.18. The van der Waals surface area contributed by atoms with Crippen LogP contribution in [-0.4, -0.2) is 58.5 Å². The van der Waals surface area contributed by atoms with Gasteiger partial charge in [-0.25, -0.2) is 0 Å². The standard InChI is InChI=1S/C25H42ClN3OS/c1-18(2)23(28-15-19-6-5-7-22(14-19)31-27)16-29-13-12-25(30,24(3,4)17-29)20-8-10-21(26)11-9-20/h5-6,8,14,18,21-23,28,30H,7,9-13,15-17,27H2,1-4H3/t21?,22?,23-,25-/m0/s1. The van der Waals surface area contributed by atoms with E-state index < -0.39 is 5.60 Å². The first-order valence-electron chi connectivity index (χ1n) is 11.9. The minimum atomic E-state index is -0.714. The molecule has 4 nitrogen and oxygen atoms in total. The van der Waals surface area contributed by atoms with Crippen molar-refractivity contribution >= 4 is 23.5 Å². The van der Waals surface area contributed by atoms with Gasteiger partial charge < -0.3 is 15.3 Å². The van der Waals surface area contributed by atoms with E-state index in [1.54, 1.807) is 0 Å². The van der Waals surface area contributed by atoms with Crippen LogP contribution >= 0.6 is 23.5 Å². The molecule has 0 bridgehead atoms. The van der Waals surface area contributed by atoms with E-state index in [4.69, 9.17) is 16.7 Å². The summed E-state index contributed by atoms with van der Waals surface area (Å²) < 4.78 is 0. The van der Waals surface area contributed by atoms with E-state index in [1.807, 2.05) is 0 Å². The van der Waals surface area contributed by atoms with Crippen molar-refractivity contribution in [2.75, 3.05) is 26.2 Å². The largest absolute Gasteiger partial charge is 0.385 e. The first kappa shape index (κ1) is 25.3. The highest BCUT2D eigenvalue weighted by Crippen LogP contribution is 2.46. The predicted octanol–water partition coefficient (Wildman–Crippen LogP) is 4.64. The Balaban J connectivity index is 1.60. The zero-order chi connectivity index (χ0) is 22.6. The van der Waals surface area contributed by atoms with E-state index >= 15 is 0 Å². The van der Waals surface area contributed by atoms with Crippen molar-refractivity contribution in [3.05, 3.63) is 35.5 Å². The van der Waals surface area contributed by atoms with Gasteiger partial charge in [0.2, 0.25) is 0 Å². The Kier molecular flexibility index (Phi) is 8.78. The summed E-state index contributed by atoms with van der Waals surface area (Å²) in [6.45, 7) is 12.8. The van der Waals surface area contributed by atoms with Crippen LogP contribution in [0.1, 0.15) is 59.8 Å². The van der Waals surface area contributed by atoms with Crippen LogP contribution in [0.5, 0.6) is 0 Å². The molecule has 0 radical (unpaired) electrons. The SMILES string of the molecule is CC(C)[C@H](CN1CC[C@](O)(C2=CCC(Cl)CC2)C(C)(C)C1)NCC1=CC(SN)CC=C1. The molecule has 0 spiro atoms. The van der Waals surface area contributed by atoms with Gasteiger partial charge in [-0.15, -0.1) is 11.6 Å². The molecule has 0 aromatic carbocycles. The number of alkyl halides is 1. The van der Waals surface area contributed by atoms with Gasteiger partial charge in [0.1, 0.15) is 0 Å². The van der Waals surface area contributed by atoms with Crippen LogP contribution in [0.2, 0.25) is 0 Å². The molecule has 2 unspecified atom stereocenters. The van der Waals surface area contributed by atoms with Crippen molar-refractivity contribution in [1.82, 2.24) is 10.2 Å². The summed E-state index contributed by atoms with van der Waals surface area (Å²) in [4.78, 5) is 2.55. The van der Waals surface area contributed by atoms with E-state index in [9.17, 15) is 5.11 Å². The van der Waals surface area contributed by atoms with Gasteiger partial charge in [-0.1, -0.05) is 63.9 Å². The van der Waals surface area contributed by atoms with Gasteiger partial charge in [0.15, 0.2) is 0 Å². The van der Waals surface area contributed by atoms with Crippen molar-refractivity contribution in [3.63, 3.8) is 0 Å². The molecule has 0 aromatic rings. The van der Waals surface area contributed by atoms with E-state index in [1.165, 1.54) is 23.1 Å². The van der Waals surface area contributed by atoms with E-state index in [0.717, 1.165) is 58.3 Å². The molecule has 0 amide bonds. The van der Waals surface area contributed by atoms with E-state index in [2.05, 4.69) is 62.2 Å². The van der Waals surface area contributed by atoms with E-state index in [0.29, 0.717) is 17.2 Å². The number of rotatable bonds is 8. The minimum Gasteiger partial charge on any atom is -0.385 e. The summed E-state index contributed by atoms with van der Waals surface area (Å²) in [5, 5.41) is 21.9. The topological polar surface area (TPSA) is 61.5 Å². The first-order chi connectivity index (χ1) is 14.6. The number of hydrogen-bond donors (Lipinski definition) is 3. The summed E-state index contributed by atoms with van der Waals surface area (Å²) >= 11 is 7.72. The zero-order valence-corrected chi connectivity index (χ0v) is 21.3. The average molecular weight is 468 g/mol. The van der Waals surface area contributed by atoms with Gasteiger partial charge >= 0.3 is 0 Å². The molecular formula is C25H42ClN3OS. The quantitative estimate of drug-likeness (QED) is 0.275. The molecular weight excluding hydrogens is 426 g/mol. The number of piperidine rings is 1. The maximum absolute atomic E-state index is 11.7. The molecule has 0 saturated carbocycles. The smallest absolute Gasteiger partial charge is 0.0931 e. The second kappa shape index (κ2) is 10.8. The molecule has 6 heteroatoms. The Hall–Kier alpha value is -0.300. The molecule has 176 valence electrons.